The molecule has 1 aliphatic rings. The van der Waals surface area contributed by atoms with Gasteiger partial charge in [0, 0.05) is 17.0 Å². The number of fused-ring (bicyclic) bond motifs is 2. The van der Waals surface area contributed by atoms with Gasteiger partial charge in [-0.2, -0.15) is 0 Å². The van der Waals surface area contributed by atoms with Crippen molar-refractivity contribution in [2.75, 3.05) is 6.79 Å². The van der Waals surface area contributed by atoms with Gasteiger partial charge in [0.25, 0.3) is 0 Å². The van der Waals surface area contributed by atoms with Crippen LogP contribution < -0.4 is 14.8 Å². The summed E-state index contributed by atoms with van der Waals surface area (Å²) in [6.45, 7) is 6.27. The van der Waals surface area contributed by atoms with Crippen molar-refractivity contribution in [3.8, 4) is 11.5 Å². The molecule has 1 atom stereocenters. The largest absolute Gasteiger partial charge is 0.454 e. The van der Waals surface area contributed by atoms with E-state index in [1.807, 2.05) is 80.7 Å². The van der Waals surface area contributed by atoms with Crippen molar-refractivity contribution < 1.29 is 19.1 Å². The van der Waals surface area contributed by atoms with Gasteiger partial charge in [0.1, 0.15) is 18.1 Å². The van der Waals surface area contributed by atoms with Crippen LogP contribution in [0.1, 0.15) is 43.7 Å². The Bertz CT molecular complexity index is 1420. The molecule has 2 aromatic heterocycles. The van der Waals surface area contributed by atoms with Crippen LogP contribution in [0.15, 0.2) is 60.0 Å². The van der Waals surface area contributed by atoms with Gasteiger partial charge in [-0.1, -0.05) is 36.4 Å². The Balaban J connectivity index is 1.52. The van der Waals surface area contributed by atoms with Crippen LogP contribution in [0.3, 0.4) is 0 Å². The lowest BCUT2D eigenvalue weighted by atomic mass is 10.0. The monoisotopic (exact) mass is 519 g/mol. The first-order chi connectivity index (χ1) is 17.8. The lowest BCUT2D eigenvalue weighted by molar-refractivity contribution is -0.142. The zero-order chi connectivity index (χ0) is 26.0. The van der Waals surface area contributed by atoms with Gasteiger partial charge in [-0.25, -0.2) is 4.68 Å². The molecule has 0 fully saturated rings. The van der Waals surface area contributed by atoms with Crippen molar-refractivity contribution in [1.29, 1.82) is 0 Å². The molecule has 0 radical (unpaired) electrons. The molecular weight excluding hydrogens is 490 g/mol. The van der Waals surface area contributed by atoms with Crippen LogP contribution in [0.2, 0.25) is 0 Å². The number of nitrogens with one attached hydrogen (secondary N) is 1. The van der Waals surface area contributed by atoms with Gasteiger partial charge in [-0.3, -0.25) is 9.59 Å². The van der Waals surface area contributed by atoms with E-state index < -0.39 is 11.6 Å². The number of carbonyl (C=O) groups is 2. The SMILES string of the molecule is CCC(C)(C)NC(=O)[C@@H](c1cccs1)N(Cc1ccc2c(c1)OCO2)C(=O)Cn1nnc2ccccc21. The van der Waals surface area contributed by atoms with Crippen molar-refractivity contribution in [1.82, 2.24) is 25.2 Å². The highest BCUT2D eigenvalue weighted by Crippen LogP contribution is 2.34. The summed E-state index contributed by atoms with van der Waals surface area (Å²) in [5, 5.41) is 13.4. The minimum absolute atomic E-state index is 0.0581. The van der Waals surface area contributed by atoms with E-state index in [1.54, 1.807) is 9.58 Å². The quantitative estimate of drug-likeness (QED) is 0.354. The van der Waals surface area contributed by atoms with Crippen LogP contribution in [0.5, 0.6) is 11.5 Å². The third kappa shape index (κ3) is 5.29. The highest BCUT2D eigenvalue weighted by molar-refractivity contribution is 7.10. The zero-order valence-corrected chi connectivity index (χ0v) is 21.8. The molecule has 37 heavy (non-hydrogen) atoms. The molecule has 192 valence electrons. The van der Waals surface area contributed by atoms with Crippen molar-refractivity contribution >= 4 is 34.2 Å². The third-order valence-corrected chi connectivity index (χ3v) is 7.46. The first-order valence-corrected chi connectivity index (χ1v) is 13.0. The predicted octanol–water partition coefficient (Wildman–Crippen LogP) is 4.30. The summed E-state index contributed by atoms with van der Waals surface area (Å²) in [7, 11) is 0. The lowest BCUT2D eigenvalue weighted by Gasteiger charge is -2.34. The van der Waals surface area contributed by atoms with E-state index in [-0.39, 0.29) is 31.7 Å². The van der Waals surface area contributed by atoms with Crippen LogP contribution in [-0.2, 0) is 22.7 Å². The first-order valence-electron chi connectivity index (χ1n) is 12.2. The summed E-state index contributed by atoms with van der Waals surface area (Å²) in [5.41, 5.74) is 1.85. The number of para-hydroxylation sites is 1. The van der Waals surface area contributed by atoms with Gasteiger partial charge in [-0.15, -0.1) is 16.4 Å². The smallest absolute Gasteiger partial charge is 0.248 e. The molecule has 10 heteroatoms. The number of hydrogen-bond acceptors (Lipinski definition) is 7. The highest BCUT2D eigenvalue weighted by Gasteiger charge is 2.35. The molecule has 0 saturated carbocycles. The summed E-state index contributed by atoms with van der Waals surface area (Å²) in [4.78, 5) is 30.1. The molecule has 2 aromatic carbocycles. The maximum absolute atomic E-state index is 14.0. The molecule has 2 amide bonds. The molecule has 3 heterocycles. The van der Waals surface area contributed by atoms with Crippen molar-refractivity contribution in [3.63, 3.8) is 0 Å². The number of nitrogens with zero attached hydrogens (tertiary/aromatic N) is 4. The molecule has 4 aromatic rings. The number of benzene rings is 2. The van der Waals surface area contributed by atoms with E-state index in [1.165, 1.54) is 11.3 Å². The Labute approximate surface area is 219 Å². The Morgan fingerprint density at radius 1 is 1.14 bits per heavy atom. The summed E-state index contributed by atoms with van der Waals surface area (Å²) < 4.78 is 12.6. The molecule has 1 aliphatic heterocycles. The van der Waals surface area contributed by atoms with Crippen LogP contribution >= 0.6 is 11.3 Å². The van der Waals surface area contributed by atoms with Gasteiger partial charge < -0.3 is 19.7 Å². The summed E-state index contributed by atoms with van der Waals surface area (Å²) in [6.07, 6.45) is 0.747. The highest BCUT2D eigenvalue weighted by atomic mass is 32.1. The van der Waals surface area contributed by atoms with E-state index in [0.717, 1.165) is 22.4 Å². The number of carbonyl (C=O) groups excluding carboxylic acids is 2. The third-order valence-electron chi connectivity index (χ3n) is 6.53. The van der Waals surface area contributed by atoms with Gasteiger partial charge in [0.05, 0.1) is 5.52 Å². The molecule has 1 N–H and O–H groups in total. The normalized spacial score (nSPS) is 13.5. The Morgan fingerprint density at radius 3 is 2.73 bits per heavy atom. The van der Waals surface area contributed by atoms with E-state index in [0.29, 0.717) is 17.0 Å². The Morgan fingerprint density at radius 2 is 1.95 bits per heavy atom. The summed E-state index contributed by atoms with van der Waals surface area (Å²) in [6, 6.07) is 16.0. The molecule has 0 unspecified atom stereocenters. The average Bonchev–Trinajstić information content (AvgIpc) is 3.65. The topological polar surface area (TPSA) is 98.6 Å². The number of rotatable bonds is 9. The second-order valence-corrected chi connectivity index (χ2v) is 10.6. The number of hydrogen-bond donors (Lipinski definition) is 1. The second-order valence-electron chi connectivity index (χ2n) is 9.59. The maximum Gasteiger partial charge on any atom is 0.248 e. The Kier molecular flexibility index (Phi) is 6.84. The molecule has 0 saturated heterocycles. The first kappa shape index (κ1) is 24.8. The fourth-order valence-electron chi connectivity index (χ4n) is 4.17. The average molecular weight is 520 g/mol. The Hall–Kier alpha value is -3.92. The minimum Gasteiger partial charge on any atom is -0.454 e. The lowest BCUT2D eigenvalue weighted by Crippen LogP contribution is -2.50. The number of amides is 2. The molecule has 0 spiro atoms. The number of thiophene rings is 1. The van der Waals surface area contributed by atoms with Crippen LogP contribution in [0.25, 0.3) is 11.0 Å². The van der Waals surface area contributed by atoms with E-state index >= 15 is 0 Å². The molecule has 0 bridgehead atoms. The van der Waals surface area contributed by atoms with Crippen molar-refractivity contribution in [2.45, 2.75) is 51.9 Å². The van der Waals surface area contributed by atoms with Gasteiger partial charge >= 0.3 is 0 Å². The molecular formula is C27H29N5O4S. The zero-order valence-electron chi connectivity index (χ0n) is 21.0. The maximum atomic E-state index is 14.0. The van der Waals surface area contributed by atoms with Gasteiger partial charge in [0.2, 0.25) is 18.6 Å². The van der Waals surface area contributed by atoms with Crippen LogP contribution in [-0.4, -0.2) is 44.0 Å². The van der Waals surface area contributed by atoms with Gasteiger partial charge in [0.15, 0.2) is 11.5 Å². The van der Waals surface area contributed by atoms with Crippen LogP contribution in [0.4, 0.5) is 0 Å². The summed E-state index contributed by atoms with van der Waals surface area (Å²) in [5.74, 6) is 0.799. The second kappa shape index (κ2) is 10.2. The molecule has 5 rings (SSSR count). The van der Waals surface area contributed by atoms with Crippen molar-refractivity contribution in [2.24, 2.45) is 0 Å². The van der Waals surface area contributed by atoms with Gasteiger partial charge in [-0.05, 0) is 61.5 Å². The summed E-state index contributed by atoms with van der Waals surface area (Å²) >= 11 is 1.45. The van der Waals surface area contributed by atoms with Crippen molar-refractivity contribution in [3.05, 3.63) is 70.4 Å². The van der Waals surface area contributed by atoms with E-state index in [2.05, 4.69) is 15.6 Å². The minimum atomic E-state index is -0.821. The fourth-order valence-corrected chi connectivity index (χ4v) is 5.01. The molecule has 9 nitrogen and oxygen atoms in total. The number of ether oxygens (including phenoxy) is 2. The van der Waals surface area contributed by atoms with E-state index in [4.69, 9.17) is 9.47 Å². The predicted molar refractivity (Wildman–Crippen MR) is 140 cm³/mol. The molecule has 0 aliphatic carbocycles. The van der Waals surface area contributed by atoms with Crippen LogP contribution in [0, 0.1) is 0 Å². The fraction of sp³-hybridized carbons (Fsp3) is 0.333. The standard InChI is InChI=1S/C27H29N5O4S/c1-4-27(2,3)28-26(34)25(23-10-7-13-37-23)31(15-18-11-12-21-22(14-18)36-17-35-21)24(33)16-32-20-9-6-5-8-19(20)29-30-32/h5-14,25H,4,15-17H2,1-3H3,(H,28,34)/t25-/m1/s1. The number of aromatic nitrogens is 3. The van der Waals surface area contributed by atoms with E-state index in [9.17, 15) is 9.59 Å².